The standard InChI is InChI=1S/C23H38N4O4S/c1-23(2,3)21-17-26(22(28)18-32(29,30)16-9-24)10-4-11-27(21)20-7-5-19(6-8-20)25-12-14-31-15-13-25/h5-8,21H,4,9-18,24H2,1-3H3/t21-/m1/s1. The van der Waals surface area contributed by atoms with E-state index in [1.807, 2.05) is 0 Å². The summed E-state index contributed by atoms with van der Waals surface area (Å²) in [5.41, 5.74) is 7.63. The zero-order chi connectivity index (χ0) is 23.4. The summed E-state index contributed by atoms with van der Waals surface area (Å²) >= 11 is 0. The van der Waals surface area contributed by atoms with Crippen LogP contribution in [0.3, 0.4) is 0 Å². The van der Waals surface area contributed by atoms with Gasteiger partial charge in [-0.2, -0.15) is 0 Å². The number of hydrogen-bond donors (Lipinski definition) is 1. The van der Waals surface area contributed by atoms with E-state index in [4.69, 9.17) is 10.5 Å². The van der Waals surface area contributed by atoms with Crippen LogP contribution in [-0.4, -0.2) is 89.3 Å². The fourth-order valence-corrected chi connectivity index (χ4v) is 5.53. The largest absolute Gasteiger partial charge is 0.378 e. The quantitative estimate of drug-likeness (QED) is 0.676. The van der Waals surface area contributed by atoms with Crippen molar-refractivity contribution in [3.8, 4) is 0 Å². The molecule has 2 N–H and O–H groups in total. The number of benzene rings is 1. The number of anilines is 2. The molecule has 0 radical (unpaired) electrons. The SMILES string of the molecule is CC(C)(C)[C@H]1CN(C(=O)CS(=O)(=O)CCN)CCCN1c1ccc(N2CCOCC2)cc1. The predicted octanol–water partition coefficient (Wildman–Crippen LogP) is 1.35. The van der Waals surface area contributed by atoms with E-state index in [1.54, 1.807) is 4.90 Å². The Bertz CT molecular complexity index is 861. The molecule has 0 spiro atoms. The molecular weight excluding hydrogens is 428 g/mol. The Morgan fingerprint density at radius 3 is 2.28 bits per heavy atom. The van der Waals surface area contributed by atoms with Crippen molar-refractivity contribution in [1.29, 1.82) is 0 Å². The number of carbonyl (C=O) groups excluding carboxylic acids is 1. The first-order chi connectivity index (χ1) is 15.1. The predicted molar refractivity (Wildman–Crippen MR) is 129 cm³/mol. The third kappa shape index (κ3) is 6.36. The molecule has 2 saturated heterocycles. The highest BCUT2D eigenvalue weighted by Crippen LogP contribution is 2.32. The molecule has 2 heterocycles. The highest BCUT2D eigenvalue weighted by molar-refractivity contribution is 7.92. The summed E-state index contributed by atoms with van der Waals surface area (Å²) in [4.78, 5) is 19.3. The molecule has 1 aromatic rings. The van der Waals surface area contributed by atoms with Crippen LogP contribution >= 0.6 is 0 Å². The Morgan fingerprint density at radius 2 is 1.69 bits per heavy atom. The van der Waals surface area contributed by atoms with Gasteiger partial charge in [0.25, 0.3) is 0 Å². The van der Waals surface area contributed by atoms with Gasteiger partial charge >= 0.3 is 0 Å². The number of hydrogen-bond acceptors (Lipinski definition) is 7. The van der Waals surface area contributed by atoms with Crippen LogP contribution in [0, 0.1) is 5.41 Å². The van der Waals surface area contributed by atoms with Gasteiger partial charge in [0, 0.05) is 50.6 Å². The summed E-state index contributed by atoms with van der Waals surface area (Å²) in [5, 5.41) is 0. The Hall–Kier alpha value is -1.84. The number of morpholine rings is 1. The molecule has 0 unspecified atom stereocenters. The van der Waals surface area contributed by atoms with E-state index in [0.717, 1.165) is 45.0 Å². The Kier molecular flexibility index (Phi) is 8.06. The van der Waals surface area contributed by atoms with Gasteiger partial charge in [-0.3, -0.25) is 4.79 Å². The molecule has 2 aliphatic heterocycles. The summed E-state index contributed by atoms with van der Waals surface area (Å²) in [7, 11) is -3.47. The maximum atomic E-state index is 12.8. The van der Waals surface area contributed by atoms with E-state index in [1.165, 1.54) is 5.69 Å². The summed E-state index contributed by atoms with van der Waals surface area (Å²) < 4.78 is 29.7. The Labute approximate surface area is 192 Å². The second-order valence-corrected chi connectivity index (χ2v) is 11.9. The van der Waals surface area contributed by atoms with Gasteiger partial charge in [-0.05, 0) is 36.1 Å². The molecule has 32 heavy (non-hydrogen) atoms. The summed E-state index contributed by atoms with van der Waals surface area (Å²) in [6.45, 7) is 11.7. The van der Waals surface area contributed by atoms with Gasteiger partial charge in [0.05, 0.1) is 25.0 Å². The number of carbonyl (C=O) groups is 1. The van der Waals surface area contributed by atoms with Crippen molar-refractivity contribution >= 4 is 27.1 Å². The summed E-state index contributed by atoms with van der Waals surface area (Å²) in [6, 6.07) is 8.71. The molecule has 1 amide bonds. The highest BCUT2D eigenvalue weighted by Gasteiger charge is 2.36. The van der Waals surface area contributed by atoms with E-state index in [0.29, 0.717) is 13.1 Å². The van der Waals surface area contributed by atoms with Crippen LogP contribution < -0.4 is 15.5 Å². The number of nitrogens with zero attached hydrogens (tertiary/aromatic N) is 3. The molecule has 180 valence electrons. The summed E-state index contributed by atoms with van der Waals surface area (Å²) in [6.07, 6.45) is 0.792. The van der Waals surface area contributed by atoms with Gasteiger partial charge in [0.1, 0.15) is 5.75 Å². The monoisotopic (exact) mass is 466 g/mol. The minimum absolute atomic E-state index is 0.0362. The van der Waals surface area contributed by atoms with Crippen LogP contribution in [0.15, 0.2) is 24.3 Å². The lowest BCUT2D eigenvalue weighted by Gasteiger charge is -2.42. The molecule has 1 aromatic carbocycles. The first-order valence-electron chi connectivity index (χ1n) is 11.5. The molecule has 8 nitrogen and oxygen atoms in total. The van der Waals surface area contributed by atoms with Crippen LogP contribution in [0.2, 0.25) is 0 Å². The van der Waals surface area contributed by atoms with Crippen LogP contribution in [0.4, 0.5) is 11.4 Å². The number of amides is 1. The zero-order valence-electron chi connectivity index (χ0n) is 19.6. The molecule has 2 fully saturated rings. The lowest BCUT2D eigenvalue weighted by molar-refractivity contribution is -0.128. The minimum Gasteiger partial charge on any atom is -0.378 e. The van der Waals surface area contributed by atoms with Gasteiger partial charge in [0.15, 0.2) is 9.84 Å². The first-order valence-corrected chi connectivity index (χ1v) is 13.3. The van der Waals surface area contributed by atoms with Crippen molar-refractivity contribution in [2.45, 2.75) is 33.2 Å². The van der Waals surface area contributed by atoms with Crippen LogP contribution in [0.25, 0.3) is 0 Å². The van der Waals surface area contributed by atoms with Gasteiger partial charge in [-0.1, -0.05) is 20.8 Å². The maximum absolute atomic E-state index is 12.8. The fraction of sp³-hybridized carbons (Fsp3) is 0.696. The normalized spacial score (nSPS) is 20.9. The number of rotatable bonds is 6. The van der Waals surface area contributed by atoms with Crippen LogP contribution in [-0.2, 0) is 19.4 Å². The van der Waals surface area contributed by atoms with Gasteiger partial charge < -0.3 is 25.2 Å². The smallest absolute Gasteiger partial charge is 0.237 e. The van der Waals surface area contributed by atoms with Crippen molar-refractivity contribution in [2.24, 2.45) is 11.1 Å². The van der Waals surface area contributed by atoms with Crippen molar-refractivity contribution in [2.75, 3.05) is 73.8 Å². The molecular formula is C23H38N4O4S. The maximum Gasteiger partial charge on any atom is 0.237 e. The van der Waals surface area contributed by atoms with Crippen molar-refractivity contribution in [3.63, 3.8) is 0 Å². The average molecular weight is 467 g/mol. The third-order valence-electron chi connectivity index (χ3n) is 6.28. The molecule has 0 aliphatic carbocycles. The summed E-state index contributed by atoms with van der Waals surface area (Å²) in [5.74, 6) is -0.941. The molecule has 3 rings (SSSR count). The van der Waals surface area contributed by atoms with Crippen molar-refractivity contribution < 1.29 is 17.9 Å². The zero-order valence-corrected chi connectivity index (χ0v) is 20.4. The molecule has 1 atom stereocenters. The van der Waals surface area contributed by atoms with Crippen LogP contribution in [0.1, 0.15) is 27.2 Å². The molecule has 2 aliphatic rings. The minimum atomic E-state index is -3.47. The Morgan fingerprint density at radius 1 is 1.06 bits per heavy atom. The van der Waals surface area contributed by atoms with Gasteiger partial charge in [-0.25, -0.2) is 8.42 Å². The first kappa shape index (κ1) is 24.8. The number of sulfone groups is 1. The fourth-order valence-electron chi connectivity index (χ4n) is 4.47. The number of nitrogens with two attached hydrogens (primary N) is 1. The average Bonchev–Trinajstić information content (AvgIpc) is 2.97. The lowest BCUT2D eigenvalue weighted by Crippen LogP contribution is -2.51. The van der Waals surface area contributed by atoms with Crippen molar-refractivity contribution in [1.82, 2.24) is 4.90 Å². The third-order valence-corrected chi connectivity index (χ3v) is 7.82. The van der Waals surface area contributed by atoms with Crippen LogP contribution in [0.5, 0.6) is 0 Å². The topological polar surface area (TPSA) is 96.2 Å². The van der Waals surface area contributed by atoms with E-state index in [2.05, 4.69) is 54.8 Å². The highest BCUT2D eigenvalue weighted by atomic mass is 32.2. The molecule has 0 bridgehead atoms. The van der Waals surface area contributed by atoms with Crippen molar-refractivity contribution in [3.05, 3.63) is 24.3 Å². The van der Waals surface area contributed by atoms with Gasteiger partial charge in [0.2, 0.25) is 5.91 Å². The second kappa shape index (κ2) is 10.4. The van der Waals surface area contributed by atoms with E-state index in [-0.39, 0.29) is 29.7 Å². The molecule has 0 saturated carbocycles. The second-order valence-electron chi connectivity index (χ2n) is 9.77. The van der Waals surface area contributed by atoms with E-state index >= 15 is 0 Å². The van der Waals surface area contributed by atoms with E-state index < -0.39 is 15.6 Å². The Balaban J connectivity index is 1.77. The molecule has 9 heteroatoms. The molecule has 0 aromatic heterocycles. The number of ether oxygens (including phenoxy) is 1. The lowest BCUT2D eigenvalue weighted by atomic mass is 9.85. The van der Waals surface area contributed by atoms with E-state index in [9.17, 15) is 13.2 Å². The van der Waals surface area contributed by atoms with Gasteiger partial charge in [-0.15, -0.1) is 0 Å².